The van der Waals surface area contributed by atoms with Gasteiger partial charge in [0.15, 0.2) is 5.78 Å². The van der Waals surface area contributed by atoms with E-state index in [-0.39, 0.29) is 35.2 Å². The van der Waals surface area contributed by atoms with Gasteiger partial charge in [-0.25, -0.2) is 12.8 Å². The van der Waals surface area contributed by atoms with Crippen molar-refractivity contribution in [1.29, 1.82) is 0 Å². The van der Waals surface area contributed by atoms with Crippen LogP contribution in [0, 0.1) is 5.82 Å². The van der Waals surface area contributed by atoms with Gasteiger partial charge in [-0.05, 0) is 37.8 Å². The molecule has 0 bridgehead atoms. The van der Waals surface area contributed by atoms with Gasteiger partial charge in [0, 0.05) is 44.2 Å². The Morgan fingerprint density at radius 2 is 1.78 bits per heavy atom. The molecule has 0 spiro atoms. The topological polar surface area (TPSA) is 66.9 Å². The zero-order chi connectivity index (χ0) is 22.5. The van der Waals surface area contributed by atoms with Gasteiger partial charge < -0.3 is 4.74 Å². The van der Waals surface area contributed by atoms with Crippen LogP contribution in [0.1, 0.15) is 68.6 Å². The quantitative estimate of drug-likeness (QED) is 0.483. The number of piperazine rings is 1. The lowest BCUT2D eigenvalue weighted by atomic mass is 9.76. The number of methoxy groups -OCH3 is 1. The van der Waals surface area contributed by atoms with Crippen molar-refractivity contribution in [2.75, 3.05) is 39.0 Å². The van der Waals surface area contributed by atoms with E-state index in [4.69, 9.17) is 4.74 Å². The summed E-state index contributed by atoms with van der Waals surface area (Å²) < 4.78 is 45.2. The van der Waals surface area contributed by atoms with Gasteiger partial charge in [0.1, 0.15) is 11.6 Å². The number of sulfonamides is 1. The molecule has 1 aliphatic heterocycles. The summed E-state index contributed by atoms with van der Waals surface area (Å²) in [6, 6.07) is 4.04. The van der Waals surface area contributed by atoms with Crippen LogP contribution in [-0.2, 0) is 10.0 Å². The molecule has 3 rings (SSSR count). The zero-order valence-electron chi connectivity index (χ0n) is 19.1. The van der Waals surface area contributed by atoms with Crippen molar-refractivity contribution in [2.45, 2.75) is 63.8 Å². The molecule has 0 atom stereocenters. The first-order valence-electron chi connectivity index (χ1n) is 11.4. The summed E-state index contributed by atoms with van der Waals surface area (Å²) in [6.07, 6.45) is 7.24. The van der Waals surface area contributed by atoms with Gasteiger partial charge in [0.05, 0.1) is 18.4 Å². The summed E-state index contributed by atoms with van der Waals surface area (Å²) in [5.41, 5.74) is 0.354. The summed E-state index contributed by atoms with van der Waals surface area (Å²) >= 11 is 0. The highest BCUT2D eigenvalue weighted by Crippen LogP contribution is 2.39. The molecule has 1 saturated carbocycles. The van der Waals surface area contributed by atoms with E-state index in [0.717, 1.165) is 32.1 Å². The van der Waals surface area contributed by atoms with Crippen LogP contribution in [0.2, 0.25) is 0 Å². The summed E-state index contributed by atoms with van der Waals surface area (Å²) in [4.78, 5) is 15.4. The molecule has 1 aromatic rings. The lowest BCUT2D eigenvalue weighted by Gasteiger charge is -2.50. The zero-order valence-corrected chi connectivity index (χ0v) is 20.8. The molecule has 0 N–H and O–H groups in total. The third kappa shape index (κ3) is 6.22. The standard InChI is InChI=1S/C23H35FN2O4S.ClH/c1-3-17-31(28,29)26-15-13-25(14-16-26)23(10-5-4-6-11-23)12-9-21(27)20-8-7-19(24)18-22(20)30-2;/h7-8,18H,3-6,9-17H2,1-2H3;1H. The van der Waals surface area contributed by atoms with E-state index < -0.39 is 15.8 Å². The number of carbonyl (C=O) groups is 1. The lowest BCUT2D eigenvalue weighted by Crippen LogP contribution is -2.58. The molecular weight excluding hydrogens is 455 g/mol. The number of halogens is 2. The van der Waals surface area contributed by atoms with Crippen LogP contribution < -0.4 is 4.74 Å². The number of rotatable bonds is 9. The maximum atomic E-state index is 13.5. The van der Waals surface area contributed by atoms with Crippen LogP contribution >= 0.6 is 12.4 Å². The van der Waals surface area contributed by atoms with E-state index in [0.29, 0.717) is 44.6 Å². The highest BCUT2D eigenvalue weighted by atomic mass is 35.5. The minimum atomic E-state index is -3.17. The van der Waals surface area contributed by atoms with E-state index in [9.17, 15) is 17.6 Å². The van der Waals surface area contributed by atoms with Crippen molar-refractivity contribution in [3.8, 4) is 5.75 Å². The molecule has 6 nitrogen and oxygen atoms in total. The summed E-state index contributed by atoms with van der Waals surface area (Å²) in [5.74, 6) is 0.0167. The third-order valence-electron chi connectivity index (χ3n) is 6.83. The van der Waals surface area contributed by atoms with Crippen molar-refractivity contribution in [3.05, 3.63) is 29.6 Å². The molecule has 1 saturated heterocycles. The average Bonchev–Trinajstić information content (AvgIpc) is 2.78. The fourth-order valence-corrected chi connectivity index (χ4v) is 6.63. The minimum absolute atomic E-state index is 0. The van der Waals surface area contributed by atoms with Gasteiger partial charge in [0.25, 0.3) is 0 Å². The number of hydrogen-bond acceptors (Lipinski definition) is 5. The van der Waals surface area contributed by atoms with Crippen molar-refractivity contribution < 1.29 is 22.3 Å². The highest BCUT2D eigenvalue weighted by Gasteiger charge is 2.40. The van der Waals surface area contributed by atoms with E-state index in [2.05, 4.69) is 4.90 Å². The molecule has 1 aliphatic carbocycles. The Balaban J connectivity index is 0.00000363. The Hall–Kier alpha value is -1.22. The third-order valence-corrected chi connectivity index (χ3v) is 8.91. The molecule has 0 aromatic heterocycles. The Labute approximate surface area is 197 Å². The number of benzene rings is 1. The predicted molar refractivity (Wildman–Crippen MR) is 127 cm³/mol. The largest absolute Gasteiger partial charge is 0.496 e. The summed E-state index contributed by atoms with van der Waals surface area (Å²) in [6.45, 7) is 4.33. The van der Waals surface area contributed by atoms with Crippen LogP contribution in [0.4, 0.5) is 4.39 Å². The molecule has 0 unspecified atom stereocenters. The van der Waals surface area contributed by atoms with Gasteiger partial charge in [-0.2, -0.15) is 4.31 Å². The Morgan fingerprint density at radius 1 is 1.12 bits per heavy atom. The van der Waals surface area contributed by atoms with Crippen LogP contribution in [0.3, 0.4) is 0 Å². The van der Waals surface area contributed by atoms with E-state index in [1.54, 1.807) is 4.31 Å². The molecule has 32 heavy (non-hydrogen) atoms. The van der Waals surface area contributed by atoms with Crippen molar-refractivity contribution in [1.82, 2.24) is 9.21 Å². The normalized spacial score (nSPS) is 19.8. The van der Waals surface area contributed by atoms with Gasteiger partial charge >= 0.3 is 0 Å². The maximum Gasteiger partial charge on any atom is 0.214 e. The molecule has 0 radical (unpaired) electrons. The number of carbonyl (C=O) groups excluding carboxylic acids is 1. The second-order valence-electron chi connectivity index (χ2n) is 8.75. The van der Waals surface area contributed by atoms with Crippen molar-refractivity contribution in [3.63, 3.8) is 0 Å². The Kier molecular flexibility index (Phi) is 9.94. The number of ether oxygens (including phenoxy) is 1. The first kappa shape index (κ1) is 27.0. The Bertz CT molecular complexity index is 867. The molecule has 1 aromatic carbocycles. The van der Waals surface area contributed by atoms with E-state index in [1.807, 2.05) is 6.92 Å². The smallest absolute Gasteiger partial charge is 0.214 e. The molecular formula is C23H36ClFN2O4S. The molecule has 2 aliphatic rings. The Morgan fingerprint density at radius 3 is 2.38 bits per heavy atom. The van der Waals surface area contributed by atoms with Gasteiger partial charge in [-0.15, -0.1) is 12.4 Å². The molecule has 1 heterocycles. The first-order valence-corrected chi connectivity index (χ1v) is 13.0. The van der Waals surface area contributed by atoms with Crippen molar-refractivity contribution in [2.24, 2.45) is 0 Å². The maximum absolute atomic E-state index is 13.5. The minimum Gasteiger partial charge on any atom is -0.496 e. The summed E-state index contributed by atoms with van der Waals surface area (Å²) in [7, 11) is -1.73. The highest BCUT2D eigenvalue weighted by molar-refractivity contribution is 7.89. The van der Waals surface area contributed by atoms with Gasteiger partial charge in [-0.1, -0.05) is 26.2 Å². The van der Waals surface area contributed by atoms with Gasteiger partial charge in [-0.3, -0.25) is 9.69 Å². The number of hydrogen-bond donors (Lipinski definition) is 0. The second-order valence-corrected chi connectivity index (χ2v) is 10.8. The predicted octanol–water partition coefficient (Wildman–Crippen LogP) is 4.28. The molecule has 2 fully saturated rings. The van der Waals surface area contributed by atoms with E-state index >= 15 is 0 Å². The first-order chi connectivity index (χ1) is 14.8. The molecule has 182 valence electrons. The van der Waals surface area contributed by atoms with Gasteiger partial charge in [0.2, 0.25) is 10.0 Å². The summed E-state index contributed by atoms with van der Waals surface area (Å²) in [5, 5.41) is 0. The molecule has 9 heteroatoms. The van der Waals surface area contributed by atoms with Crippen LogP contribution in [0.5, 0.6) is 5.75 Å². The molecule has 0 amide bonds. The van der Waals surface area contributed by atoms with Crippen LogP contribution in [0.15, 0.2) is 18.2 Å². The van der Waals surface area contributed by atoms with E-state index in [1.165, 1.54) is 31.7 Å². The second kappa shape index (κ2) is 11.8. The number of ketones is 1. The van der Waals surface area contributed by atoms with Crippen LogP contribution in [0.25, 0.3) is 0 Å². The number of nitrogens with zero attached hydrogens (tertiary/aromatic N) is 2. The van der Waals surface area contributed by atoms with Crippen LogP contribution in [-0.4, -0.2) is 68.0 Å². The number of Topliss-reactive ketones (excluding diaryl/α,β-unsaturated/α-hetero) is 1. The average molecular weight is 491 g/mol. The SMILES string of the molecule is CCCS(=O)(=O)N1CCN(C2(CCC(=O)c3ccc(F)cc3OC)CCCCC2)CC1.Cl. The monoisotopic (exact) mass is 490 g/mol. The fraction of sp³-hybridized carbons (Fsp3) is 0.696. The van der Waals surface area contributed by atoms with Crippen molar-refractivity contribution >= 4 is 28.2 Å². The fourth-order valence-electron chi connectivity index (χ4n) is 5.14. The lowest BCUT2D eigenvalue weighted by molar-refractivity contribution is 0.0165.